The molecule has 2 aromatic carbocycles. The number of benzene rings is 2. The zero-order valence-electron chi connectivity index (χ0n) is 14.7. The molecule has 5 heteroatoms. The van der Waals surface area contributed by atoms with Crippen LogP contribution in [0.2, 0.25) is 0 Å². The highest BCUT2D eigenvalue weighted by atomic mass is 16.5. The molecule has 1 atom stereocenters. The number of nitrogens with one attached hydrogen (secondary N) is 1. The molecule has 2 rings (SSSR count). The predicted octanol–water partition coefficient (Wildman–Crippen LogP) is 3.58. The lowest BCUT2D eigenvalue weighted by molar-refractivity contribution is -0.119. The van der Waals surface area contributed by atoms with Gasteiger partial charge in [-0.3, -0.25) is 4.79 Å². The van der Waals surface area contributed by atoms with E-state index in [1.807, 2.05) is 43.3 Å². The fourth-order valence-corrected chi connectivity index (χ4v) is 2.60. The Hall–Kier alpha value is -2.69. The molecule has 5 nitrogen and oxygen atoms in total. The quantitative estimate of drug-likeness (QED) is 0.880. The lowest BCUT2D eigenvalue weighted by Gasteiger charge is -2.15. The second kappa shape index (κ2) is 7.73. The first-order chi connectivity index (χ1) is 11.5. The Bertz CT molecular complexity index is 685. The van der Waals surface area contributed by atoms with E-state index in [2.05, 4.69) is 5.32 Å². The summed E-state index contributed by atoms with van der Waals surface area (Å²) < 4.78 is 16.1. The van der Waals surface area contributed by atoms with Crippen molar-refractivity contribution in [3.63, 3.8) is 0 Å². The summed E-state index contributed by atoms with van der Waals surface area (Å²) in [6.07, 6.45) is 0. The highest BCUT2D eigenvalue weighted by molar-refractivity contribution is 5.74. The Kier molecular flexibility index (Phi) is 5.68. The van der Waals surface area contributed by atoms with Gasteiger partial charge in [-0.1, -0.05) is 24.3 Å². The van der Waals surface area contributed by atoms with Gasteiger partial charge in [0.15, 0.2) is 11.5 Å². The molecule has 0 saturated heterocycles. The fourth-order valence-electron chi connectivity index (χ4n) is 2.60. The fraction of sp³-hybridized carbons (Fsp3) is 0.316. The van der Waals surface area contributed by atoms with Crippen molar-refractivity contribution in [2.75, 3.05) is 21.3 Å². The molecule has 1 unspecified atom stereocenters. The van der Waals surface area contributed by atoms with Gasteiger partial charge in [0.05, 0.1) is 27.4 Å². The van der Waals surface area contributed by atoms with Crippen LogP contribution < -0.4 is 19.5 Å². The van der Waals surface area contributed by atoms with E-state index in [1.165, 1.54) is 6.92 Å². The monoisotopic (exact) mass is 329 g/mol. The van der Waals surface area contributed by atoms with Gasteiger partial charge in [-0.05, 0) is 35.7 Å². The maximum atomic E-state index is 11.2. The highest BCUT2D eigenvalue weighted by Gasteiger charge is 2.14. The number of carbonyl (C=O) groups excluding carboxylic acids is 1. The minimum absolute atomic E-state index is 0.0310. The third-order valence-corrected chi connectivity index (χ3v) is 3.83. The number of amides is 1. The number of carbonyl (C=O) groups is 1. The van der Waals surface area contributed by atoms with Crippen LogP contribution in [0.3, 0.4) is 0 Å². The molecule has 0 fully saturated rings. The minimum atomic E-state index is -0.0452. The first kappa shape index (κ1) is 17.7. The molecule has 0 aromatic heterocycles. The summed E-state index contributed by atoms with van der Waals surface area (Å²) in [5, 5.41) is 2.87. The molecule has 24 heavy (non-hydrogen) atoms. The van der Waals surface area contributed by atoms with Crippen LogP contribution in [0.5, 0.6) is 17.2 Å². The van der Waals surface area contributed by atoms with Crippen LogP contribution in [0.1, 0.15) is 25.5 Å². The molecule has 0 heterocycles. The van der Waals surface area contributed by atoms with Crippen molar-refractivity contribution in [3.05, 3.63) is 42.0 Å². The summed E-state index contributed by atoms with van der Waals surface area (Å²) in [5.74, 6) is 1.75. The topological polar surface area (TPSA) is 56.8 Å². The van der Waals surface area contributed by atoms with Crippen LogP contribution in [-0.2, 0) is 4.79 Å². The van der Waals surface area contributed by atoms with Crippen LogP contribution >= 0.6 is 0 Å². The first-order valence-electron chi connectivity index (χ1n) is 7.67. The van der Waals surface area contributed by atoms with E-state index in [0.29, 0.717) is 17.2 Å². The third kappa shape index (κ3) is 3.79. The van der Waals surface area contributed by atoms with Crippen LogP contribution in [0.25, 0.3) is 11.1 Å². The summed E-state index contributed by atoms with van der Waals surface area (Å²) >= 11 is 0. The molecule has 0 aliphatic heterocycles. The Morgan fingerprint density at radius 2 is 1.46 bits per heavy atom. The maximum Gasteiger partial charge on any atom is 0.217 e. The van der Waals surface area contributed by atoms with E-state index >= 15 is 0 Å². The summed E-state index contributed by atoms with van der Waals surface area (Å²) in [6.45, 7) is 3.47. The van der Waals surface area contributed by atoms with Gasteiger partial charge in [0.25, 0.3) is 0 Å². The largest absolute Gasteiger partial charge is 0.493 e. The maximum absolute atomic E-state index is 11.2. The van der Waals surface area contributed by atoms with E-state index in [0.717, 1.165) is 16.7 Å². The number of hydrogen-bond donors (Lipinski definition) is 1. The average molecular weight is 329 g/mol. The van der Waals surface area contributed by atoms with Gasteiger partial charge in [-0.2, -0.15) is 0 Å². The molecule has 2 aromatic rings. The van der Waals surface area contributed by atoms with E-state index in [1.54, 1.807) is 21.3 Å². The van der Waals surface area contributed by atoms with Crippen molar-refractivity contribution >= 4 is 5.91 Å². The molecule has 128 valence electrons. The minimum Gasteiger partial charge on any atom is -0.493 e. The predicted molar refractivity (Wildman–Crippen MR) is 93.8 cm³/mol. The van der Waals surface area contributed by atoms with Gasteiger partial charge in [0.2, 0.25) is 11.7 Å². The van der Waals surface area contributed by atoms with Crippen molar-refractivity contribution in [1.82, 2.24) is 5.32 Å². The van der Waals surface area contributed by atoms with Gasteiger partial charge >= 0.3 is 0 Å². The van der Waals surface area contributed by atoms with E-state index < -0.39 is 0 Å². The van der Waals surface area contributed by atoms with Crippen molar-refractivity contribution in [3.8, 4) is 28.4 Å². The summed E-state index contributed by atoms with van der Waals surface area (Å²) in [5.41, 5.74) is 3.03. The normalized spacial score (nSPS) is 11.5. The van der Waals surface area contributed by atoms with Crippen molar-refractivity contribution in [1.29, 1.82) is 0 Å². The van der Waals surface area contributed by atoms with Gasteiger partial charge < -0.3 is 19.5 Å². The molecule has 1 N–H and O–H groups in total. The van der Waals surface area contributed by atoms with E-state index in [-0.39, 0.29) is 11.9 Å². The van der Waals surface area contributed by atoms with Gasteiger partial charge in [0.1, 0.15) is 0 Å². The molecule has 0 saturated carbocycles. The Morgan fingerprint density at radius 3 is 1.88 bits per heavy atom. The average Bonchev–Trinajstić information content (AvgIpc) is 2.59. The highest BCUT2D eigenvalue weighted by Crippen LogP contribution is 2.41. The number of rotatable bonds is 6. The Labute approximate surface area is 142 Å². The van der Waals surface area contributed by atoms with Gasteiger partial charge in [-0.25, -0.2) is 0 Å². The molecular formula is C19H23NO4. The SMILES string of the molecule is COc1cc(-c2ccc(C(C)NC(C)=O)cc2)cc(OC)c1OC. The van der Waals surface area contributed by atoms with Crippen LogP contribution in [0.15, 0.2) is 36.4 Å². The zero-order chi connectivity index (χ0) is 17.7. The third-order valence-electron chi connectivity index (χ3n) is 3.83. The molecule has 0 bridgehead atoms. The van der Waals surface area contributed by atoms with E-state index in [9.17, 15) is 4.79 Å². The molecule has 0 aliphatic rings. The molecule has 0 aliphatic carbocycles. The summed E-state index contributed by atoms with van der Waals surface area (Å²) in [6, 6.07) is 11.8. The van der Waals surface area contributed by atoms with Crippen molar-refractivity contribution in [2.45, 2.75) is 19.9 Å². The Morgan fingerprint density at radius 1 is 0.917 bits per heavy atom. The zero-order valence-corrected chi connectivity index (χ0v) is 14.7. The molecule has 1 amide bonds. The second-order valence-corrected chi connectivity index (χ2v) is 5.46. The summed E-state index contributed by atoms with van der Waals surface area (Å²) in [7, 11) is 4.77. The van der Waals surface area contributed by atoms with E-state index in [4.69, 9.17) is 14.2 Å². The van der Waals surface area contributed by atoms with Crippen LogP contribution in [-0.4, -0.2) is 27.2 Å². The van der Waals surface area contributed by atoms with Crippen LogP contribution in [0.4, 0.5) is 0 Å². The van der Waals surface area contributed by atoms with Gasteiger partial charge in [-0.15, -0.1) is 0 Å². The smallest absolute Gasteiger partial charge is 0.217 e. The molecular weight excluding hydrogens is 306 g/mol. The molecule has 0 spiro atoms. The number of hydrogen-bond acceptors (Lipinski definition) is 4. The first-order valence-corrected chi connectivity index (χ1v) is 7.67. The van der Waals surface area contributed by atoms with Gasteiger partial charge in [0, 0.05) is 6.92 Å². The lowest BCUT2D eigenvalue weighted by atomic mass is 10.0. The van der Waals surface area contributed by atoms with Crippen molar-refractivity contribution < 1.29 is 19.0 Å². The number of ether oxygens (including phenoxy) is 3. The second-order valence-electron chi connectivity index (χ2n) is 5.46. The van der Waals surface area contributed by atoms with Crippen LogP contribution in [0, 0.1) is 0 Å². The number of methoxy groups -OCH3 is 3. The molecule has 0 radical (unpaired) electrons. The standard InChI is InChI=1S/C19H23NO4/c1-12(20-13(2)21)14-6-8-15(9-7-14)16-10-17(22-3)19(24-5)18(11-16)23-4/h6-12H,1-5H3,(H,20,21). The van der Waals surface area contributed by atoms with Crippen molar-refractivity contribution in [2.24, 2.45) is 0 Å². The summed E-state index contributed by atoms with van der Waals surface area (Å²) in [4.78, 5) is 11.2. The Balaban J connectivity index is 2.36. The lowest BCUT2D eigenvalue weighted by Crippen LogP contribution is -2.23.